The monoisotopic (exact) mass is 375 g/mol. The lowest BCUT2D eigenvalue weighted by molar-refractivity contribution is -0.200. The average Bonchev–Trinajstić information content (AvgIpc) is 2.90. The van der Waals surface area contributed by atoms with Gasteiger partial charge < -0.3 is 5.32 Å². The Morgan fingerprint density at radius 1 is 1.07 bits per heavy atom. The molecule has 2 amide bonds. The molecule has 27 heavy (non-hydrogen) atoms. The first-order valence-corrected chi connectivity index (χ1v) is 8.11. The molecular weight excluding hydrogens is 359 g/mol. The third-order valence-corrected chi connectivity index (χ3v) is 4.07. The number of amides is 2. The third kappa shape index (κ3) is 3.42. The molecule has 0 fully saturated rings. The van der Waals surface area contributed by atoms with Crippen LogP contribution in [0.25, 0.3) is 0 Å². The predicted molar refractivity (Wildman–Crippen MR) is 92.6 cm³/mol. The highest BCUT2D eigenvalue weighted by Gasteiger charge is 2.66. The molecular formula is C19H16F3N3O2. The number of halogens is 3. The first-order chi connectivity index (χ1) is 12.7. The summed E-state index contributed by atoms with van der Waals surface area (Å²) in [7, 11) is 0. The van der Waals surface area contributed by atoms with E-state index in [0.717, 1.165) is 11.8 Å². The fourth-order valence-electron chi connectivity index (χ4n) is 2.87. The zero-order valence-electron chi connectivity index (χ0n) is 14.3. The van der Waals surface area contributed by atoms with Crippen LogP contribution in [0.4, 0.5) is 13.2 Å². The summed E-state index contributed by atoms with van der Waals surface area (Å²) in [5.41, 5.74) is -2.35. The van der Waals surface area contributed by atoms with Crippen LogP contribution in [0.2, 0.25) is 0 Å². The maximum atomic E-state index is 13.9. The minimum absolute atomic E-state index is 0.106. The van der Waals surface area contributed by atoms with Crippen LogP contribution in [-0.4, -0.2) is 34.4 Å². The summed E-state index contributed by atoms with van der Waals surface area (Å²) in [6.07, 6.45) is -5.10. The quantitative estimate of drug-likeness (QED) is 0.893. The number of nitrogens with zero attached hydrogens (tertiary/aromatic N) is 2. The topological polar surface area (TPSA) is 61.8 Å². The lowest BCUT2D eigenvalue weighted by atomic mass is 10.1. The van der Waals surface area contributed by atoms with Gasteiger partial charge in [0.05, 0.1) is 6.54 Å². The first kappa shape index (κ1) is 18.6. The van der Waals surface area contributed by atoms with Crippen LogP contribution in [-0.2, 0) is 16.1 Å². The molecule has 1 aliphatic heterocycles. The SMILES string of the molecule is CC(=O)N[C@@]1(C(F)(F)F)N=C(c2ccccc2)N(Cc2ccccc2)C1=O. The molecule has 3 rings (SSSR count). The Kier molecular flexibility index (Phi) is 4.73. The number of carbonyl (C=O) groups is 2. The van der Waals surface area contributed by atoms with Crippen molar-refractivity contribution in [2.75, 3.05) is 0 Å². The van der Waals surface area contributed by atoms with Gasteiger partial charge in [0, 0.05) is 12.5 Å². The van der Waals surface area contributed by atoms with Crippen molar-refractivity contribution in [1.82, 2.24) is 10.2 Å². The van der Waals surface area contributed by atoms with Crippen molar-refractivity contribution in [2.24, 2.45) is 4.99 Å². The fourth-order valence-corrected chi connectivity index (χ4v) is 2.87. The lowest BCUT2D eigenvalue weighted by Gasteiger charge is -2.28. The molecule has 0 saturated heterocycles. The van der Waals surface area contributed by atoms with Gasteiger partial charge in [-0.3, -0.25) is 14.5 Å². The van der Waals surface area contributed by atoms with Gasteiger partial charge in [0.1, 0.15) is 5.84 Å². The van der Waals surface area contributed by atoms with Crippen molar-refractivity contribution >= 4 is 17.6 Å². The van der Waals surface area contributed by atoms with Crippen molar-refractivity contribution in [2.45, 2.75) is 25.3 Å². The van der Waals surface area contributed by atoms with Crippen molar-refractivity contribution in [3.05, 3.63) is 71.8 Å². The Morgan fingerprint density at radius 3 is 2.15 bits per heavy atom. The molecule has 0 radical (unpaired) electrons. The number of alkyl halides is 3. The Morgan fingerprint density at radius 2 is 1.63 bits per heavy atom. The number of rotatable bonds is 4. The number of hydrogen-bond donors (Lipinski definition) is 1. The van der Waals surface area contributed by atoms with Crippen molar-refractivity contribution in [3.8, 4) is 0 Å². The van der Waals surface area contributed by atoms with Crippen molar-refractivity contribution in [3.63, 3.8) is 0 Å². The number of aliphatic imine (C=N–C) groups is 1. The van der Waals surface area contributed by atoms with Gasteiger partial charge in [-0.2, -0.15) is 13.2 Å². The third-order valence-electron chi connectivity index (χ3n) is 4.07. The van der Waals surface area contributed by atoms with Gasteiger partial charge in [0.2, 0.25) is 5.91 Å². The molecule has 1 aliphatic rings. The molecule has 5 nitrogen and oxygen atoms in total. The van der Waals surface area contributed by atoms with E-state index in [1.807, 2.05) is 0 Å². The Hall–Kier alpha value is -3.16. The highest BCUT2D eigenvalue weighted by Crippen LogP contribution is 2.38. The largest absolute Gasteiger partial charge is 0.442 e. The molecule has 0 aliphatic carbocycles. The minimum Gasteiger partial charge on any atom is -0.317 e. The van der Waals surface area contributed by atoms with E-state index in [9.17, 15) is 22.8 Å². The molecule has 0 spiro atoms. The van der Waals surface area contributed by atoms with Crippen molar-refractivity contribution < 1.29 is 22.8 Å². The van der Waals surface area contributed by atoms with Crippen LogP contribution in [0.1, 0.15) is 18.1 Å². The van der Waals surface area contributed by atoms with Gasteiger partial charge >= 0.3 is 11.8 Å². The fraction of sp³-hybridized carbons (Fsp3) is 0.211. The summed E-state index contributed by atoms with van der Waals surface area (Å²) in [6.45, 7) is 0.809. The molecule has 0 unspecified atom stereocenters. The molecule has 2 aromatic rings. The molecule has 1 heterocycles. The van der Waals surface area contributed by atoms with Gasteiger partial charge in [-0.05, 0) is 5.56 Å². The second-order valence-electron chi connectivity index (χ2n) is 6.07. The highest BCUT2D eigenvalue weighted by atomic mass is 19.4. The van der Waals surface area contributed by atoms with Gasteiger partial charge in [0.15, 0.2) is 0 Å². The number of hydrogen-bond acceptors (Lipinski definition) is 3. The van der Waals surface area contributed by atoms with Gasteiger partial charge in [-0.1, -0.05) is 60.7 Å². The predicted octanol–water partition coefficient (Wildman–Crippen LogP) is 2.87. The first-order valence-electron chi connectivity index (χ1n) is 8.11. The lowest BCUT2D eigenvalue weighted by Crippen LogP contribution is -2.62. The van der Waals surface area contributed by atoms with E-state index in [0.29, 0.717) is 11.1 Å². The minimum atomic E-state index is -5.10. The van der Waals surface area contributed by atoms with E-state index in [4.69, 9.17) is 0 Å². The normalized spacial score (nSPS) is 19.8. The zero-order valence-corrected chi connectivity index (χ0v) is 14.3. The summed E-state index contributed by atoms with van der Waals surface area (Å²) < 4.78 is 41.6. The van der Waals surface area contributed by atoms with E-state index in [2.05, 4.69) is 4.99 Å². The average molecular weight is 375 g/mol. The molecule has 2 aromatic carbocycles. The molecule has 140 valence electrons. The van der Waals surface area contributed by atoms with E-state index in [1.54, 1.807) is 66.0 Å². The molecule has 1 atom stereocenters. The molecule has 0 saturated carbocycles. The van der Waals surface area contributed by atoms with Crippen LogP contribution >= 0.6 is 0 Å². The number of benzene rings is 2. The number of carbonyl (C=O) groups excluding carboxylic acids is 2. The summed E-state index contributed by atoms with van der Waals surface area (Å²) in [5, 5.41) is 1.72. The number of amidine groups is 1. The maximum Gasteiger partial charge on any atom is 0.442 e. The van der Waals surface area contributed by atoms with Crippen LogP contribution in [0.15, 0.2) is 65.7 Å². The van der Waals surface area contributed by atoms with Gasteiger partial charge in [-0.15, -0.1) is 0 Å². The highest BCUT2D eigenvalue weighted by molar-refractivity contribution is 6.16. The number of nitrogens with one attached hydrogen (secondary N) is 1. The molecule has 0 aromatic heterocycles. The standard InChI is InChI=1S/C19H16F3N3O2/c1-13(26)23-18(19(20,21)22)17(27)25(12-14-8-4-2-5-9-14)16(24-18)15-10-6-3-7-11-15/h2-11H,12H2,1H3,(H,23,26)/t18-/m1/s1. The van der Waals surface area contributed by atoms with Crippen LogP contribution < -0.4 is 5.32 Å². The van der Waals surface area contributed by atoms with E-state index < -0.39 is 23.7 Å². The van der Waals surface area contributed by atoms with Crippen LogP contribution in [0, 0.1) is 0 Å². The summed E-state index contributed by atoms with van der Waals surface area (Å²) in [4.78, 5) is 29.0. The summed E-state index contributed by atoms with van der Waals surface area (Å²) in [5.74, 6) is -2.48. The van der Waals surface area contributed by atoms with Gasteiger partial charge in [-0.25, -0.2) is 4.99 Å². The second kappa shape index (κ2) is 6.86. The van der Waals surface area contributed by atoms with Gasteiger partial charge in [0.25, 0.3) is 5.91 Å². The zero-order chi connectivity index (χ0) is 19.7. The smallest absolute Gasteiger partial charge is 0.317 e. The Balaban J connectivity index is 2.13. The summed E-state index contributed by atoms with van der Waals surface area (Å²) in [6, 6.07) is 16.7. The molecule has 0 bridgehead atoms. The van der Waals surface area contributed by atoms with Crippen LogP contribution in [0.5, 0.6) is 0 Å². The van der Waals surface area contributed by atoms with E-state index >= 15 is 0 Å². The van der Waals surface area contributed by atoms with Crippen molar-refractivity contribution in [1.29, 1.82) is 0 Å². The summed E-state index contributed by atoms with van der Waals surface area (Å²) >= 11 is 0. The van der Waals surface area contributed by atoms with E-state index in [-0.39, 0.29) is 12.4 Å². The maximum absolute atomic E-state index is 13.9. The second-order valence-corrected chi connectivity index (χ2v) is 6.07. The van der Waals surface area contributed by atoms with Crippen LogP contribution in [0.3, 0.4) is 0 Å². The Bertz CT molecular complexity index is 882. The molecule has 8 heteroatoms. The Labute approximate surface area is 153 Å². The molecule has 1 N–H and O–H groups in total. The van der Waals surface area contributed by atoms with E-state index in [1.165, 1.54) is 0 Å².